The SMILES string of the molecule is C/C=C(\C)C(=O)OC1C(C/C=C(\C)C(=O)OCC)c2c(ccc3ccc(=O)oc23)OC1(C)C. The Labute approximate surface area is 193 Å². The fourth-order valence-corrected chi connectivity index (χ4v) is 3.98. The van der Waals surface area contributed by atoms with Crippen LogP contribution in [0.5, 0.6) is 5.75 Å². The summed E-state index contributed by atoms with van der Waals surface area (Å²) in [7, 11) is 0. The summed E-state index contributed by atoms with van der Waals surface area (Å²) in [6.45, 7) is 10.8. The van der Waals surface area contributed by atoms with E-state index in [1.807, 2.05) is 26.0 Å². The highest BCUT2D eigenvalue weighted by molar-refractivity contribution is 5.89. The molecule has 0 saturated heterocycles. The predicted molar refractivity (Wildman–Crippen MR) is 124 cm³/mol. The van der Waals surface area contributed by atoms with E-state index in [0.717, 1.165) is 5.39 Å². The largest absolute Gasteiger partial charge is 0.484 e. The number of fused-ring (bicyclic) bond motifs is 3. The molecule has 0 N–H and O–H groups in total. The molecule has 7 nitrogen and oxygen atoms in total. The molecule has 1 aromatic heterocycles. The molecule has 1 aliphatic rings. The van der Waals surface area contributed by atoms with E-state index in [1.165, 1.54) is 6.07 Å². The second kappa shape index (κ2) is 9.65. The Morgan fingerprint density at radius 1 is 1.09 bits per heavy atom. The van der Waals surface area contributed by atoms with Crippen LogP contribution in [0.15, 0.2) is 56.8 Å². The molecule has 0 aliphatic carbocycles. The highest BCUT2D eigenvalue weighted by Gasteiger charge is 2.47. The smallest absolute Gasteiger partial charge is 0.336 e. The third-order valence-electron chi connectivity index (χ3n) is 5.85. The fourth-order valence-electron chi connectivity index (χ4n) is 3.98. The Hall–Kier alpha value is -3.35. The number of carbonyl (C=O) groups is 2. The number of benzene rings is 1. The maximum absolute atomic E-state index is 12.7. The molecule has 0 fully saturated rings. The molecule has 33 heavy (non-hydrogen) atoms. The molecule has 2 atom stereocenters. The Bertz CT molecular complexity index is 1180. The van der Waals surface area contributed by atoms with Gasteiger partial charge in [-0.25, -0.2) is 14.4 Å². The van der Waals surface area contributed by atoms with Gasteiger partial charge >= 0.3 is 17.6 Å². The lowest BCUT2D eigenvalue weighted by Crippen LogP contribution is -2.51. The van der Waals surface area contributed by atoms with Gasteiger partial charge in [-0.3, -0.25) is 0 Å². The molecule has 176 valence electrons. The van der Waals surface area contributed by atoms with Gasteiger partial charge in [0.2, 0.25) is 0 Å². The number of allylic oxidation sites excluding steroid dienone is 2. The molecular weight excluding hydrogens is 424 g/mol. The van der Waals surface area contributed by atoms with Gasteiger partial charge in [0.15, 0.2) is 0 Å². The molecule has 0 radical (unpaired) electrons. The van der Waals surface area contributed by atoms with Gasteiger partial charge in [0.25, 0.3) is 0 Å². The second-order valence-electron chi connectivity index (χ2n) is 8.60. The van der Waals surface area contributed by atoms with Crippen LogP contribution >= 0.6 is 0 Å². The van der Waals surface area contributed by atoms with Gasteiger partial charge < -0.3 is 18.6 Å². The highest BCUT2D eigenvalue weighted by Crippen LogP contribution is 2.47. The molecule has 2 unspecified atom stereocenters. The minimum atomic E-state index is -0.879. The average Bonchev–Trinajstić information content (AvgIpc) is 2.77. The molecule has 7 heteroatoms. The normalized spacial score (nSPS) is 20.1. The second-order valence-corrected chi connectivity index (χ2v) is 8.60. The minimum absolute atomic E-state index is 0.274. The summed E-state index contributed by atoms with van der Waals surface area (Å²) in [4.78, 5) is 36.9. The first-order chi connectivity index (χ1) is 15.6. The van der Waals surface area contributed by atoms with Crippen LogP contribution in [0.3, 0.4) is 0 Å². The molecule has 3 rings (SSSR count). The van der Waals surface area contributed by atoms with Crippen LogP contribution in [-0.4, -0.2) is 30.3 Å². The van der Waals surface area contributed by atoms with Gasteiger partial charge in [-0.05, 0) is 66.2 Å². The zero-order valence-corrected chi connectivity index (χ0v) is 19.9. The zero-order valence-electron chi connectivity index (χ0n) is 19.9. The van der Waals surface area contributed by atoms with Gasteiger partial charge in [-0.15, -0.1) is 0 Å². The molecule has 0 spiro atoms. The molecular formula is C26H30O7. The zero-order chi connectivity index (χ0) is 24.3. The van der Waals surface area contributed by atoms with Gasteiger partial charge in [-0.2, -0.15) is 0 Å². The maximum atomic E-state index is 12.7. The summed E-state index contributed by atoms with van der Waals surface area (Å²) in [6.07, 6.45) is 3.07. The topological polar surface area (TPSA) is 92.0 Å². The molecule has 2 heterocycles. The van der Waals surface area contributed by atoms with Crippen molar-refractivity contribution in [1.29, 1.82) is 0 Å². The predicted octanol–water partition coefficient (Wildman–Crippen LogP) is 4.83. The van der Waals surface area contributed by atoms with Crippen molar-refractivity contribution in [1.82, 2.24) is 0 Å². The fraction of sp³-hybridized carbons (Fsp3) is 0.423. The van der Waals surface area contributed by atoms with E-state index in [9.17, 15) is 14.4 Å². The van der Waals surface area contributed by atoms with Gasteiger partial charge in [0, 0.05) is 34.1 Å². The molecule has 0 amide bonds. The van der Waals surface area contributed by atoms with Crippen molar-refractivity contribution >= 4 is 22.9 Å². The van der Waals surface area contributed by atoms with Crippen LogP contribution in [0.2, 0.25) is 0 Å². The van der Waals surface area contributed by atoms with E-state index in [-0.39, 0.29) is 6.61 Å². The summed E-state index contributed by atoms with van der Waals surface area (Å²) in [5, 5.41) is 0.725. The Kier molecular flexibility index (Phi) is 7.10. The van der Waals surface area contributed by atoms with Crippen LogP contribution in [0.1, 0.15) is 59.4 Å². The van der Waals surface area contributed by atoms with Crippen LogP contribution in [0.4, 0.5) is 0 Å². The molecule has 1 aliphatic heterocycles. The lowest BCUT2D eigenvalue weighted by atomic mass is 9.78. The van der Waals surface area contributed by atoms with E-state index in [2.05, 4.69) is 0 Å². The summed E-state index contributed by atoms with van der Waals surface area (Å²) < 4.78 is 22.9. The third kappa shape index (κ3) is 5.02. The van der Waals surface area contributed by atoms with Crippen LogP contribution in [-0.2, 0) is 19.1 Å². The van der Waals surface area contributed by atoms with Gasteiger partial charge in [-0.1, -0.05) is 12.2 Å². The summed E-state index contributed by atoms with van der Waals surface area (Å²) in [5.74, 6) is -0.757. The van der Waals surface area contributed by atoms with Crippen molar-refractivity contribution in [2.75, 3.05) is 6.61 Å². The van der Waals surface area contributed by atoms with Crippen LogP contribution in [0.25, 0.3) is 11.0 Å². The Morgan fingerprint density at radius 2 is 1.79 bits per heavy atom. The Morgan fingerprint density at radius 3 is 2.45 bits per heavy atom. The molecule has 1 aromatic carbocycles. The maximum Gasteiger partial charge on any atom is 0.336 e. The standard InChI is InChI=1S/C26H30O7/c1-7-15(3)25(29)32-23-18(12-9-16(4)24(28)30-8-2)21-19(33-26(23,5)6)13-10-17-11-14-20(27)31-22(17)21/h7,9-11,13-14,18,23H,8,12H2,1-6H3/b15-7+,16-9+. The van der Waals surface area contributed by atoms with Crippen molar-refractivity contribution in [2.24, 2.45) is 0 Å². The van der Waals surface area contributed by atoms with Crippen molar-refractivity contribution in [2.45, 2.75) is 65.6 Å². The first kappa shape index (κ1) is 24.3. The summed E-state index contributed by atoms with van der Waals surface area (Å²) >= 11 is 0. The van der Waals surface area contributed by atoms with E-state index in [1.54, 1.807) is 45.9 Å². The van der Waals surface area contributed by atoms with Crippen LogP contribution < -0.4 is 10.4 Å². The van der Waals surface area contributed by atoms with Crippen molar-refractivity contribution in [3.63, 3.8) is 0 Å². The Balaban J connectivity index is 2.17. The number of hydrogen-bond donors (Lipinski definition) is 0. The molecule has 0 saturated carbocycles. The lowest BCUT2D eigenvalue weighted by molar-refractivity contribution is -0.159. The highest BCUT2D eigenvalue weighted by atomic mass is 16.6. The summed E-state index contributed by atoms with van der Waals surface area (Å²) in [6, 6.07) is 6.68. The average molecular weight is 455 g/mol. The number of esters is 2. The molecule has 2 aromatic rings. The lowest BCUT2D eigenvalue weighted by Gasteiger charge is -2.44. The first-order valence-electron chi connectivity index (χ1n) is 11.0. The van der Waals surface area contributed by atoms with Gasteiger partial charge in [0.1, 0.15) is 23.0 Å². The third-order valence-corrected chi connectivity index (χ3v) is 5.85. The minimum Gasteiger partial charge on any atom is -0.484 e. The van der Waals surface area contributed by atoms with E-state index in [0.29, 0.717) is 34.5 Å². The van der Waals surface area contributed by atoms with E-state index < -0.39 is 35.2 Å². The number of ether oxygens (including phenoxy) is 3. The summed E-state index contributed by atoms with van der Waals surface area (Å²) in [5.41, 5.74) is 0.559. The van der Waals surface area contributed by atoms with Crippen LogP contribution in [0, 0.1) is 0 Å². The van der Waals surface area contributed by atoms with Gasteiger partial charge in [0.05, 0.1) is 6.61 Å². The van der Waals surface area contributed by atoms with Crippen molar-refractivity contribution in [3.05, 3.63) is 63.5 Å². The number of hydrogen-bond acceptors (Lipinski definition) is 7. The van der Waals surface area contributed by atoms with Crippen molar-refractivity contribution in [3.8, 4) is 5.75 Å². The van der Waals surface area contributed by atoms with Crippen molar-refractivity contribution < 1.29 is 28.2 Å². The number of carbonyl (C=O) groups excluding carboxylic acids is 2. The van der Waals surface area contributed by atoms with E-state index >= 15 is 0 Å². The quantitative estimate of drug-likeness (QED) is 0.351. The first-order valence-corrected chi connectivity index (χ1v) is 11.0. The number of rotatable bonds is 6. The van der Waals surface area contributed by atoms with E-state index in [4.69, 9.17) is 18.6 Å². The monoisotopic (exact) mass is 454 g/mol. The molecule has 0 bridgehead atoms.